The van der Waals surface area contributed by atoms with Gasteiger partial charge in [-0.05, 0) is 59.5 Å². The molecule has 3 aromatic carbocycles. The van der Waals surface area contributed by atoms with Gasteiger partial charge in [-0.3, -0.25) is 0 Å². The highest BCUT2D eigenvalue weighted by molar-refractivity contribution is 5.87. The lowest BCUT2D eigenvalue weighted by atomic mass is 9.98. The molecule has 0 atom stereocenters. The Balaban J connectivity index is 1.51. The maximum absolute atomic E-state index is 15.1. The second-order valence-corrected chi connectivity index (χ2v) is 8.04. The van der Waals surface area contributed by atoms with Crippen molar-refractivity contribution < 1.29 is 31.1 Å². The van der Waals surface area contributed by atoms with E-state index >= 15 is 4.39 Å². The highest BCUT2D eigenvalue weighted by Crippen LogP contribution is 2.29. The number of hydrogen-bond acceptors (Lipinski definition) is 3. The first-order valence-corrected chi connectivity index (χ1v) is 10.8. The van der Waals surface area contributed by atoms with E-state index < -0.39 is 36.0 Å². The number of hydrogen-bond donors (Lipinski definition) is 0. The van der Waals surface area contributed by atoms with Crippen LogP contribution in [0, 0.1) is 17.5 Å². The number of halogens is 6. The molecule has 35 heavy (non-hydrogen) atoms. The lowest BCUT2D eigenvalue weighted by Gasteiger charge is -2.12. The van der Waals surface area contributed by atoms with Crippen molar-refractivity contribution in [3.63, 3.8) is 0 Å². The summed E-state index contributed by atoms with van der Waals surface area (Å²) in [6.07, 6.45) is -0.202. The van der Waals surface area contributed by atoms with Gasteiger partial charge >= 0.3 is 6.18 Å². The zero-order chi connectivity index (χ0) is 25.2. The van der Waals surface area contributed by atoms with Crippen molar-refractivity contribution in [1.82, 2.24) is 9.97 Å². The third kappa shape index (κ3) is 5.72. The molecule has 0 saturated carbocycles. The number of alkyl halides is 3. The van der Waals surface area contributed by atoms with Crippen LogP contribution in [0.5, 0.6) is 5.75 Å². The SMILES string of the molecule is CCc1cnc(-c2ccc3c(F)c(CCc4cc(F)c(OCC(F)(F)F)c(F)c4)ccc3c2)nc1. The average molecular weight is 490 g/mol. The minimum absolute atomic E-state index is 0.0749. The number of benzene rings is 3. The van der Waals surface area contributed by atoms with Gasteiger partial charge in [0.2, 0.25) is 0 Å². The quantitative estimate of drug-likeness (QED) is 0.262. The van der Waals surface area contributed by atoms with Gasteiger partial charge in [-0.15, -0.1) is 0 Å². The first-order chi connectivity index (χ1) is 16.6. The summed E-state index contributed by atoms with van der Waals surface area (Å²) in [4.78, 5) is 8.69. The Kier molecular flexibility index (Phi) is 6.95. The molecule has 0 fully saturated rings. The Morgan fingerprint density at radius 2 is 1.51 bits per heavy atom. The lowest BCUT2D eigenvalue weighted by molar-refractivity contribution is -0.154. The molecule has 0 N–H and O–H groups in total. The van der Waals surface area contributed by atoms with E-state index in [0.29, 0.717) is 22.2 Å². The molecule has 4 rings (SSSR count). The van der Waals surface area contributed by atoms with Gasteiger partial charge in [0.1, 0.15) is 5.82 Å². The largest absolute Gasteiger partial charge is 0.478 e. The van der Waals surface area contributed by atoms with E-state index in [0.717, 1.165) is 29.7 Å². The van der Waals surface area contributed by atoms with Gasteiger partial charge in [0.25, 0.3) is 0 Å². The van der Waals surface area contributed by atoms with E-state index in [-0.39, 0.29) is 18.4 Å². The van der Waals surface area contributed by atoms with Crippen LogP contribution >= 0.6 is 0 Å². The number of fused-ring (bicyclic) bond motifs is 1. The van der Waals surface area contributed by atoms with Gasteiger partial charge in [0, 0.05) is 23.3 Å². The summed E-state index contributed by atoms with van der Waals surface area (Å²) >= 11 is 0. The van der Waals surface area contributed by atoms with E-state index in [9.17, 15) is 22.0 Å². The molecule has 4 aromatic rings. The number of nitrogens with zero attached hydrogens (tertiary/aromatic N) is 2. The van der Waals surface area contributed by atoms with Gasteiger partial charge in [-0.2, -0.15) is 13.2 Å². The first-order valence-electron chi connectivity index (χ1n) is 10.8. The van der Waals surface area contributed by atoms with Gasteiger partial charge < -0.3 is 4.74 Å². The predicted molar refractivity (Wildman–Crippen MR) is 120 cm³/mol. The Bertz CT molecular complexity index is 1330. The standard InChI is InChI=1S/C26H20F6N2O/c1-2-15-12-33-25(34-13-15)19-7-8-20-18(11-19)6-5-17(23(20)29)4-3-16-9-21(27)24(22(28)10-16)35-14-26(30,31)32/h5-13H,2-4,14H2,1H3. The minimum Gasteiger partial charge on any atom is -0.478 e. The normalized spacial score (nSPS) is 11.7. The molecule has 3 nitrogen and oxygen atoms in total. The molecule has 0 bridgehead atoms. The molecule has 1 heterocycles. The summed E-state index contributed by atoms with van der Waals surface area (Å²) in [7, 11) is 0. The van der Waals surface area contributed by atoms with Crippen molar-refractivity contribution in [2.45, 2.75) is 32.4 Å². The number of aromatic nitrogens is 2. The molecule has 0 aliphatic heterocycles. The summed E-state index contributed by atoms with van der Waals surface area (Å²) < 4.78 is 84.4. The molecular weight excluding hydrogens is 470 g/mol. The van der Waals surface area contributed by atoms with Crippen LogP contribution in [0.25, 0.3) is 22.2 Å². The summed E-state index contributed by atoms with van der Waals surface area (Å²) in [5.74, 6) is -3.51. The fraction of sp³-hybridized carbons (Fsp3) is 0.231. The molecule has 0 aliphatic rings. The fourth-order valence-corrected chi connectivity index (χ4v) is 3.68. The minimum atomic E-state index is -4.72. The van der Waals surface area contributed by atoms with Crippen LogP contribution in [0.2, 0.25) is 0 Å². The fourth-order valence-electron chi connectivity index (χ4n) is 3.68. The summed E-state index contributed by atoms with van der Waals surface area (Å²) in [6, 6.07) is 10.3. The van der Waals surface area contributed by atoms with Gasteiger partial charge in [-0.1, -0.05) is 31.2 Å². The number of ether oxygens (including phenoxy) is 1. The van der Waals surface area contributed by atoms with Crippen molar-refractivity contribution in [2.24, 2.45) is 0 Å². The Morgan fingerprint density at radius 3 is 2.14 bits per heavy atom. The lowest BCUT2D eigenvalue weighted by Crippen LogP contribution is -2.20. The zero-order valence-electron chi connectivity index (χ0n) is 18.6. The third-order valence-electron chi connectivity index (χ3n) is 5.53. The highest BCUT2D eigenvalue weighted by Gasteiger charge is 2.30. The Morgan fingerprint density at radius 1 is 0.829 bits per heavy atom. The van der Waals surface area contributed by atoms with Crippen LogP contribution in [0.3, 0.4) is 0 Å². The second kappa shape index (κ2) is 9.93. The highest BCUT2D eigenvalue weighted by atomic mass is 19.4. The molecular formula is C26H20F6N2O. The summed E-state index contributed by atoms with van der Waals surface area (Å²) in [5.41, 5.74) is 2.26. The molecule has 182 valence electrons. The molecule has 0 aliphatic carbocycles. The molecule has 0 radical (unpaired) electrons. The van der Waals surface area contributed by atoms with Crippen LogP contribution in [-0.4, -0.2) is 22.8 Å². The second-order valence-electron chi connectivity index (χ2n) is 8.04. The summed E-state index contributed by atoms with van der Waals surface area (Å²) in [5, 5.41) is 1.03. The molecule has 0 saturated heterocycles. The third-order valence-corrected chi connectivity index (χ3v) is 5.53. The summed E-state index contributed by atoms with van der Waals surface area (Å²) in [6.45, 7) is 0.199. The van der Waals surface area contributed by atoms with Crippen LogP contribution < -0.4 is 4.74 Å². The number of aryl methyl sites for hydroxylation is 3. The molecule has 0 spiro atoms. The van der Waals surface area contributed by atoms with Crippen molar-refractivity contribution in [1.29, 1.82) is 0 Å². The van der Waals surface area contributed by atoms with E-state index in [1.165, 1.54) is 0 Å². The maximum Gasteiger partial charge on any atom is 0.422 e. The van der Waals surface area contributed by atoms with Crippen molar-refractivity contribution in [3.05, 3.63) is 89.0 Å². The van der Waals surface area contributed by atoms with E-state index in [1.807, 2.05) is 6.92 Å². The number of rotatable bonds is 7. The van der Waals surface area contributed by atoms with Crippen LogP contribution in [-0.2, 0) is 19.3 Å². The van der Waals surface area contributed by atoms with Gasteiger partial charge in [0.05, 0.1) is 0 Å². The van der Waals surface area contributed by atoms with Crippen LogP contribution in [0.1, 0.15) is 23.6 Å². The van der Waals surface area contributed by atoms with Crippen molar-refractivity contribution in [2.75, 3.05) is 6.61 Å². The van der Waals surface area contributed by atoms with Crippen molar-refractivity contribution in [3.8, 4) is 17.1 Å². The van der Waals surface area contributed by atoms with E-state index in [4.69, 9.17) is 0 Å². The topological polar surface area (TPSA) is 35.0 Å². The Hall–Kier alpha value is -3.62. The zero-order valence-corrected chi connectivity index (χ0v) is 18.6. The molecule has 1 aromatic heterocycles. The monoisotopic (exact) mass is 490 g/mol. The smallest absolute Gasteiger partial charge is 0.422 e. The van der Waals surface area contributed by atoms with E-state index in [1.54, 1.807) is 42.7 Å². The van der Waals surface area contributed by atoms with Crippen molar-refractivity contribution >= 4 is 10.8 Å². The van der Waals surface area contributed by atoms with Crippen LogP contribution in [0.4, 0.5) is 26.3 Å². The Labute approximate surface area is 197 Å². The predicted octanol–water partition coefficient (Wildman–Crippen LogP) is 7.00. The van der Waals surface area contributed by atoms with Gasteiger partial charge in [-0.25, -0.2) is 23.1 Å². The van der Waals surface area contributed by atoms with Crippen LogP contribution in [0.15, 0.2) is 54.9 Å². The molecule has 9 heteroatoms. The first kappa shape index (κ1) is 24.5. The average Bonchev–Trinajstić information content (AvgIpc) is 2.82. The molecule has 0 amide bonds. The van der Waals surface area contributed by atoms with Gasteiger partial charge in [0.15, 0.2) is 29.8 Å². The van der Waals surface area contributed by atoms with E-state index in [2.05, 4.69) is 14.7 Å². The molecule has 0 unspecified atom stereocenters. The maximum atomic E-state index is 15.1.